The second-order valence-electron chi connectivity index (χ2n) is 4.10. The Morgan fingerprint density at radius 1 is 1.41 bits per heavy atom. The molecule has 1 aliphatic rings. The van der Waals surface area contributed by atoms with Crippen molar-refractivity contribution in [3.05, 3.63) is 29.3 Å². The smallest absolute Gasteiger partial charge is 0.409 e. The second kappa shape index (κ2) is 5.08. The van der Waals surface area contributed by atoms with Gasteiger partial charge in [-0.1, -0.05) is 12.1 Å². The van der Waals surface area contributed by atoms with Crippen LogP contribution in [0.1, 0.15) is 18.1 Å². The molecule has 0 aromatic heterocycles. The monoisotopic (exact) mass is 235 g/mol. The summed E-state index contributed by atoms with van der Waals surface area (Å²) in [5.41, 5.74) is 2.08. The SMILES string of the molecule is CCOC(=O)N1CCc2cccc(O)c2CC1. The summed E-state index contributed by atoms with van der Waals surface area (Å²) >= 11 is 0. The number of nitrogens with zero attached hydrogens (tertiary/aromatic N) is 1. The van der Waals surface area contributed by atoms with E-state index in [0.29, 0.717) is 31.9 Å². The summed E-state index contributed by atoms with van der Waals surface area (Å²) in [6.45, 7) is 3.45. The van der Waals surface area contributed by atoms with Gasteiger partial charge in [0, 0.05) is 13.1 Å². The van der Waals surface area contributed by atoms with Crippen LogP contribution in [0.3, 0.4) is 0 Å². The van der Waals surface area contributed by atoms with E-state index >= 15 is 0 Å². The molecule has 0 unspecified atom stereocenters. The summed E-state index contributed by atoms with van der Waals surface area (Å²) < 4.78 is 4.99. The van der Waals surface area contributed by atoms with Crippen molar-refractivity contribution in [3.8, 4) is 5.75 Å². The Morgan fingerprint density at radius 2 is 2.18 bits per heavy atom. The van der Waals surface area contributed by atoms with Crippen LogP contribution < -0.4 is 0 Å². The van der Waals surface area contributed by atoms with Crippen LogP contribution in [0.25, 0.3) is 0 Å². The van der Waals surface area contributed by atoms with Gasteiger partial charge < -0.3 is 14.7 Å². The molecule has 0 bridgehead atoms. The number of phenols is 1. The molecular formula is C13H17NO3. The molecule has 1 N–H and O–H groups in total. The van der Waals surface area contributed by atoms with Crippen LogP contribution >= 0.6 is 0 Å². The lowest BCUT2D eigenvalue weighted by molar-refractivity contribution is 0.109. The number of rotatable bonds is 1. The third-order valence-corrected chi connectivity index (χ3v) is 3.06. The van der Waals surface area contributed by atoms with Gasteiger partial charge in [0.1, 0.15) is 5.75 Å². The van der Waals surface area contributed by atoms with Gasteiger partial charge in [-0.25, -0.2) is 4.79 Å². The Bertz CT molecular complexity index is 417. The molecule has 4 nitrogen and oxygen atoms in total. The van der Waals surface area contributed by atoms with Crippen molar-refractivity contribution in [1.82, 2.24) is 4.90 Å². The molecule has 1 amide bonds. The van der Waals surface area contributed by atoms with Crippen LogP contribution in [0.2, 0.25) is 0 Å². The maximum absolute atomic E-state index is 11.6. The average molecular weight is 235 g/mol. The fourth-order valence-electron chi connectivity index (χ4n) is 2.16. The van der Waals surface area contributed by atoms with Gasteiger partial charge in [0.15, 0.2) is 0 Å². The zero-order chi connectivity index (χ0) is 12.3. The van der Waals surface area contributed by atoms with E-state index in [-0.39, 0.29) is 6.09 Å². The summed E-state index contributed by atoms with van der Waals surface area (Å²) in [7, 11) is 0. The van der Waals surface area contributed by atoms with Gasteiger partial charge in [0.25, 0.3) is 0 Å². The fourth-order valence-corrected chi connectivity index (χ4v) is 2.16. The Balaban J connectivity index is 2.11. The van der Waals surface area contributed by atoms with E-state index < -0.39 is 0 Å². The largest absolute Gasteiger partial charge is 0.508 e. The average Bonchev–Trinajstić information content (AvgIpc) is 2.53. The highest BCUT2D eigenvalue weighted by Crippen LogP contribution is 2.24. The summed E-state index contributed by atoms with van der Waals surface area (Å²) in [6, 6.07) is 5.54. The predicted molar refractivity (Wildman–Crippen MR) is 64.1 cm³/mol. The first-order chi connectivity index (χ1) is 8.22. The van der Waals surface area contributed by atoms with Gasteiger partial charge in [0.2, 0.25) is 0 Å². The highest BCUT2D eigenvalue weighted by Gasteiger charge is 2.20. The van der Waals surface area contributed by atoms with Gasteiger partial charge in [-0.05, 0) is 37.0 Å². The Hall–Kier alpha value is -1.71. The molecule has 0 radical (unpaired) electrons. The van der Waals surface area contributed by atoms with Gasteiger partial charge in [-0.15, -0.1) is 0 Å². The number of carbonyl (C=O) groups is 1. The van der Waals surface area contributed by atoms with Gasteiger partial charge in [0.05, 0.1) is 6.61 Å². The summed E-state index contributed by atoms with van der Waals surface area (Å²) in [5.74, 6) is 0.327. The summed E-state index contributed by atoms with van der Waals surface area (Å²) in [5, 5.41) is 9.77. The van der Waals surface area contributed by atoms with Crippen molar-refractivity contribution in [2.45, 2.75) is 19.8 Å². The number of amides is 1. The first-order valence-electron chi connectivity index (χ1n) is 5.93. The zero-order valence-electron chi connectivity index (χ0n) is 9.98. The molecule has 1 aliphatic heterocycles. The summed E-state index contributed by atoms with van der Waals surface area (Å²) in [4.78, 5) is 13.3. The lowest BCUT2D eigenvalue weighted by Gasteiger charge is -2.18. The van der Waals surface area contributed by atoms with E-state index in [1.807, 2.05) is 12.1 Å². The molecule has 1 aromatic carbocycles. The molecule has 0 spiro atoms. The first-order valence-corrected chi connectivity index (χ1v) is 5.93. The minimum absolute atomic E-state index is 0.264. The van der Waals surface area contributed by atoms with Crippen LogP contribution in [0.15, 0.2) is 18.2 Å². The molecule has 0 aliphatic carbocycles. The standard InChI is InChI=1S/C13H17NO3/c1-2-17-13(16)14-8-6-10-4-3-5-12(15)11(10)7-9-14/h3-5,15H,2,6-9H2,1H3. The van der Waals surface area contributed by atoms with Crippen LogP contribution in [-0.2, 0) is 17.6 Å². The number of fused-ring (bicyclic) bond motifs is 1. The van der Waals surface area contributed by atoms with Gasteiger partial charge in [-0.2, -0.15) is 0 Å². The molecule has 1 heterocycles. The van der Waals surface area contributed by atoms with Gasteiger partial charge >= 0.3 is 6.09 Å². The van der Waals surface area contributed by atoms with E-state index in [1.165, 1.54) is 0 Å². The third kappa shape index (κ3) is 2.52. The Morgan fingerprint density at radius 3 is 2.94 bits per heavy atom. The van der Waals surface area contributed by atoms with Crippen molar-refractivity contribution in [2.75, 3.05) is 19.7 Å². The molecule has 0 atom stereocenters. The van der Waals surface area contributed by atoms with E-state index in [2.05, 4.69) is 0 Å². The number of aromatic hydroxyl groups is 1. The lowest BCUT2D eigenvalue weighted by atomic mass is 10.0. The van der Waals surface area contributed by atoms with Crippen molar-refractivity contribution in [2.24, 2.45) is 0 Å². The minimum atomic E-state index is -0.264. The first kappa shape index (κ1) is 11.8. The molecule has 2 rings (SSSR count). The number of ether oxygens (including phenoxy) is 1. The van der Waals surface area contributed by atoms with Crippen molar-refractivity contribution >= 4 is 6.09 Å². The van der Waals surface area contributed by atoms with Gasteiger partial charge in [-0.3, -0.25) is 0 Å². The maximum atomic E-state index is 11.6. The van der Waals surface area contributed by atoms with E-state index in [1.54, 1.807) is 17.9 Å². The molecule has 4 heteroatoms. The number of hydrogen-bond donors (Lipinski definition) is 1. The third-order valence-electron chi connectivity index (χ3n) is 3.06. The zero-order valence-corrected chi connectivity index (χ0v) is 9.98. The molecular weight excluding hydrogens is 218 g/mol. The van der Waals surface area contributed by atoms with E-state index in [9.17, 15) is 9.90 Å². The highest BCUT2D eigenvalue weighted by atomic mass is 16.6. The molecule has 0 fully saturated rings. The molecule has 92 valence electrons. The second-order valence-corrected chi connectivity index (χ2v) is 4.10. The number of hydrogen-bond acceptors (Lipinski definition) is 3. The molecule has 0 saturated heterocycles. The van der Waals surface area contributed by atoms with Crippen LogP contribution in [0, 0.1) is 0 Å². The maximum Gasteiger partial charge on any atom is 0.409 e. The van der Waals surface area contributed by atoms with E-state index in [4.69, 9.17) is 4.74 Å². The minimum Gasteiger partial charge on any atom is -0.508 e. The number of benzene rings is 1. The quantitative estimate of drug-likeness (QED) is 0.809. The summed E-state index contributed by atoms with van der Waals surface area (Å²) in [6.07, 6.45) is 1.18. The normalized spacial score (nSPS) is 15.0. The van der Waals surface area contributed by atoms with Crippen molar-refractivity contribution < 1.29 is 14.6 Å². The van der Waals surface area contributed by atoms with Crippen LogP contribution in [-0.4, -0.2) is 35.8 Å². The topological polar surface area (TPSA) is 49.8 Å². The van der Waals surface area contributed by atoms with Crippen LogP contribution in [0.4, 0.5) is 4.79 Å². The predicted octanol–water partition coefficient (Wildman–Crippen LogP) is 1.95. The Kier molecular flexibility index (Phi) is 3.52. The molecule has 1 aromatic rings. The molecule has 17 heavy (non-hydrogen) atoms. The lowest BCUT2D eigenvalue weighted by Crippen LogP contribution is -2.33. The van der Waals surface area contributed by atoms with Crippen molar-refractivity contribution in [1.29, 1.82) is 0 Å². The highest BCUT2D eigenvalue weighted by molar-refractivity contribution is 5.67. The van der Waals surface area contributed by atoms with E-state index in [0.717, 1.165) is 17.5 Å². The number of carbonyl (C=O) groups excluding carboxylic acids is 1. The molecule has 0 saturated carbocycles. The van der Waals surface area contributed by atoms with Crippen molar-refractivity contribution in [3.63, 3.8) is 0 Å². The fraction of sp³-hybridized carbons (Fsp3) is 0.462. The Labute approximate surface area is 101 Å². The number of phenolic OH excluding ortho intramolecular Hbond substituents is 1. The van der Waals surface area contributed by atoms with Crippen LogP contribution in [0.5, 0.6) is 5.75 Å².